The Morgan fingerprint density at radius 3 is 2.61 bits per heavy atom. The van der Waals surface area contributed by atoms with Crippen LogP contribution in [0.4, 0.5) is 10.2 Å². The molecule has 0 bridgehead atoms. The first-order valence-electron chi connectivity index (χ1n) is 8.92. The number of benzene rings is 1. The summed E-state index contributed by atoms with van der Waals surface area (Å²) in [5.41, 5.74) is 0.477. The lowest BCUT2D eigenvalue weighted by Gasteiger charge is -2.34. The summed E-state index contributed by atoms with van der Waals surface area (Å²) in [6.45, 7) is 0.232. The molecule has 0 amide bonds. The van der Waals surface area contributed by atoms with Gasteiger partial charge in [0.25, 0.3) is 0 Å². The summed E-state index contributed by atoms with van der Waals surface area (Å²) >= 11 is 0. The Morgan fingerprint density at radius 2 is 1.93 bits per heavy atom. The number of halogens is 1. The Kier molecular flexibility index (Phi) is 3.55. The average molecular weight is 378 g/mol. The molecule has 0 radical (unpaired) electrons. The molecule has 2 aromatic rings. The molecule has 8 heteroatoms. The third kappa shape index (κ3) is 2.49. The minimum absolute atomic E-state index is 0.0315. The zero-order valence-electron chi connectivity index (χ0n) is 14.7. The first-order chi connectivity index (χ1) is 13.5. The molecule has 1 saturated carbocycles. The molecule has 3 heterocycles. The number of hydrogen-bond acceptors (Lipinski definition) is 5. The lowest BCUT2D eigenvalue weighted by atomic mass is 10.0. The molecule has 5 rings (SSSR count). The van der Waals surface area contributed by atoms with Crippen molar-refractivity contribution in [2.24, 2.45) is 10.2 Å². The molecule has 7 nitrogen and oxygen atoms in total. The summed E-state index contributed by atoms with van der Waals surface area (Å²) in [6.07, 6.45) is 4.19. The van der Waals surface area contributed by atoms with Crippen molar-refractivity contribution < 1.29 is 14.3 Å². The summed E-state index contributed by atoms with van der Waals surface area (Å²) in [7, 11) is 0. The number of amidine groups is 1. The predicted octanol–water partition coefficient (Wildman–Crippen LogP) is 2.83. The van der Waals surface area contributed by atoms with E-state index in [0.717, 1.165) is 24.5 Å². The Bertz CT molecular complexity index is 1160. The minimum Gasteiger partial charge on any atom is -0.477 e. The van der Waals surface area contributed by atoms with Crippen molar-refractivity contribution in [3.8, 4) is 0 Å². The topological polar surface area (TPSA) is 87.3 Å². The first-order valence-corrected chi connectivity index (χ1v) is 8.92. The van der Waals surface area contributed by atoms with Crippen LogP contribution < -0.4 is 10.3 Å². The van der Waals surface area contributed by atoms with Gasteiger partial charge in [0, 0.05) is 12.2 Å². The summed E-state index contributed by atoms with van der Waals surface area (Å²) in [6, 6.07) is 9.50. The van der Waals surface area contributed by atoms with Gasteiger partial charge in [-0.3, -0.25) is 4.79 Å². The van der Waals surface area contributed by atoms with Gasteiger partial charge in [-0.1, -0.05) is 30.3 Å². The van der Waals surface area contributed by atoms with Crippen LogP contribution in [0.15, 0.2) is 57.4 Å². The van der Waals surface area contributed by atoms with E-state index in [1.54, 1.807) is 9.47 Å². The third-order valence-electron chi connectivity index (χ3n) is 5.09. The van der Waals surface area contributed by atoms with Crippen LogP contribution in [0.25, 0.3) is 6.08 Å². The van der Waals surface area contributed by atoms with E-state index in [1.807, 2.05) is 30.3 Å². The first kappa shape index (κ1) is 16.6. The standard InChI is InChI=1S/C20H15FN4O3/c21-15-8-13-17(26)14(20(27)28)9-24(12-6-7-12)19(13)25-10-16(22-23-18(15)25)11-4-2-1-3-5-11/h1-5,8-9,12H,6-7,10H2,(H,27,28). The fourth-order valence-corrected chi connectivity index (χ4v) is 3.58. The van der Waals surface area contributed by atoms with Crippen molar-refractivity contribution in [2.45, 2.75) is 18.9 Å². The molecule has 1 aliphatic carbocycles. The van der Waals surface area contributed by atoms with E-state index in [4.69, 9.17) is 0 Å². The molecular formula is C20H15FN4O3. The molecular weight excluding hydrogens is 363 g/mol. The summed E-state index contributed by atoms with van der Waals surface area (Å²) in [5, 5.41) is 17.6. The molecule has 140 valence electrons. The Hall–Kier alpha value is -3.55. The van der Waals surface area contributed by atoms with Crippen molar-refractivity contribution in [2.75, 3.05) is 11.4 Å². The second-order valence-corrected chi connectivity index (χ2v) is 6.97. The highest BCUT2D eigenvalue weighted by molar-refractivity contribution is 6.20. The van der Waals surface area contributed by atoms with E-state index in [0.29, 0.717) is 11.5 Å². The number of fused-ring (bicyclic) bond motifs is 3. The van der Waals surface area contributed by atoms with E-state index in [9.17, 15) is 19.1 Å². The maximum Gasteiger partial charge on any atom is 0.341 e. The number of nitrogens with zero attached hydrogens (tertiary/aromatic N) is 4. The Labute approximate surface area is 158 Å². The van der Waals surface area contributed by atoms with Crippen LogP contribution in [0.5, 0.6) is 0 Å². The minimum atomic E-state index is -1.32. The maximum absolute atomic E-state index is 14.7. The number of hydrogen-bond donors (Lipinski definition) is 1. The molecule has 0 saturated heterocycles. The van der Waals surface area contributed by atoms with Gasteiger partial charge in [-0.25, -0.2) is 9.18 Å². The quantitative estimate of drug-likeness (QED) is 0.890. The van der Waals surface area contributed by atoms with E-state index in [-0.39, 0.29) is 29.5 Å². The number of carbonyl (C=O) groups is 1. The number of carboxylic acids is 1. The van der Waals surface area contributed by atoms with Crippen LogP contribution in [0.3, 0.4) is 0 Å². The SMILES string of the molecule is O=C(O)c1cn(C2CC2)c2c(c1=O)C=C(F)C1=NN=C(c3ccccc3)CN12. The van der Waals surface area contributed by atoms with Crippen molar-refractivity contribution >= 4 is 29.4 Å². The molecule has 0 atom stereocenters. The van der Waals surface area contributed by atoms with Crippen molar-refractivity contribution in [3.05, 3.63) is 69.3 Å². The fourth-order valence-electron chi connectivity index (χ4n) is 3.58. The van der Waals surface area contributed by atoms with Crippen LogP contribution in [-0.4, -0.2) is 33.7 Å². The lowest BCUT2D eigenvalue weighted by molar-refractivity contribution is 0.0694. The number of pyridine rings is 1. The van der Waals surface area contributed by atoms with Gasteiger partial charge in [0.05, 0.1) is 17.8 Å². The van der Waals surface area contributed by atoms with Crippen molar-refractivity contribution in [1.82, 2.24) is 4.57 Å². The Balaban J connectivity index is 1.71. The summed E-state index contributed by atoms with van der Waals surface area (Å²) in [5.74, 6) is -1.52. The van der Waals surface area contributed by atoms with Gasteiger partial charge in [0.2, 0.25) is 5.43 Å². The zero-order chi connectivity index (χ0) is 19.4. The van der Waals surface area contributed by atoms with Crippen LogP contribution in [0.2, 0.25) is 0 Å². The monoisotopic (exact) mass is 378 g/mol. The maximum atomic E-state index is 14.7. The summed E-state index contributed by atoms with van der Waals surface area (Å²) in [4.78, 5) is 25.9. The van der Waals surface area contributed by atoms with Crippen LogP contribution in [-0.2, 0) is 0 Å². The highest BCUT2D eigenvalue weighted by Crippen LogP contribution is 2.41. The van der Waals surface area contributed by atoms with Gasteiger partial charge in [-0.15, -0.1) is 5.10 Å². The second kappa shape index (κ2) is 5.98. The van der Waals surface area contributed by atoms with Gasteiger partial charge in [0.15, 0.2) is 11.7 Å². The van der Waals surface area contributed by atoms with Crippen LogP contribution >= 0.6 is 0 Å². The zero-order valence-corrected chi connectivity index (χ0v) is 14.7. The molecule has 1 N–H and O–H groups in total. The molecule has 0 unspecified atom stereocenters. The van der Waals surface area contributed by atoms with Gasteiger partial charge >= 0.3 is 5.97 Å². The molecule has 0 spiro atoms. The highest BCUT2D eigenvalue weighted by Gasteiger charge is 2.37. The van der Waals surface area contributed by atoms with Gasteiger partial charge in [0.1, 0.15) is 11.4 Å². The largest absolute Gasteiger partial charge is 0.477 e. The average Bonchev–Trinajstić information content (AvgIpc) is 3.54. The molecule has 3 aliphatic rings. The van der Waals surface area contributed by atoms with Crippen LogP contribution in [0.1, 0.15) is 40.4 Å². The van der Waals surface area contributed by atoms with E-state index < -0.39 is 17.2 Å². The normalized spacial score (nSPS) is 17.9. The van der Waals surface area contributed by atoms with Gasteiger partial charge in [-0.05, 0) is 24.5 Å². The molecule has 28 heavy (non-hydrogen) atoms. The van der Waals surface area contributed by atoms with E-state index in [2.05, 4.69) is 10.2 Å². The highest BCUT2D eigenvalue weighted by atomic mass is 19.1. The lowest BCUT2D eigenvalue weighted by Crippen LogP contribution is -2.44. The van der Waals surface area contributed by atoms with Crippen LogP contribution in [0, 0.1) is 0 Å². The number of carboxylic acid groups (broad SMARTS) is 1. The van der Waals surface area contributed by atoms with Gasteiger partial charge < -0.3 is 14.6 Å². The van der Waals surface area contributed by atoms with Crippen molar-refractivity contribution in [1.29, 1.82) is 0 Å². The molecule has 1 fully saturated rings. The Morgan fingerprint density at radius 1 is 1.18 bits per heavy atom. The second-order valence-electron chi connectivity index (χ2n) is 6.97. The van der Waals surface area contributed by atoms with E-state index in [1.165, 1.54) is 6.20 Å². The number of rotatable bonds is 3. The third-order valence-corrected chi connectivity index (χ3v) is 5.09. The molecule has 1 aromatic heterocycles. The van der Waals surface area contributed by atoms with Gasteiger partial charge in [-0.2, -0.15) is 5.10 Å². The fraction of sp³-hybridized carbons (Fsp3) is 0.200. The molecule has 2 aliphatic heterocycles. The number of aromatic carboxylic acids is 1. The smallest absolute Gasteiger partial charge is 0.341 e. The molecule has 1 aromatic carbocycles. The summed E-state index contributed by atoms with van der Waals surface area (Å²) < 4.78 is 16.5. The van der Waals surface area contributed by atoms with E-state index >= 15 is 0 Å². The number of anilines is 1. The number of aromatic nitrogens is 1. The van der Waals surface area contributed by atoms with Crippen molar-refractivity contribution in [3.63, 3.8) is 0 Å². The predicted molar refractivity (Wildman–Crippen MR) is 103 cm³/mol.